The van der Waals surface area contributed by atoms with Crippen LogP contribution in [0.3, 0.4) is 0 Å². The molecule has 1 fully saturated rings. The lowest BCUT2D eigenvalue weighted by Crippen LogP contribution is -2.15. The predicted octanol–water partition coefficient (Wildman–Crippen LogP) is 9.35. The first-order valence-electron chi connectivity index (χ1n) is 12.6. The number of rotatable bonds is 9. The van der Waals surface area contributed by atoms with Crippen molar-refractivity contribution in [3.63, 3.8) is 0 Å². The summed E-state index contributed by atoms with van der Waals surface area (Å²) in [5, 5.41) is 2.51. The molecule has 0 nitrogen and oxygen atoms in total. The molecule has 32 heavy (non-hydrogen) atoms. The zero-order chi connectivity index (χ0) is 22.3. The Morgan fingerprint density at radius 3 is 2.19 bits per heavy atom. The van der Waals surface area contributed by atoms with Crippen LogP contribution in [0.5, 0.6) is 0 Å². The largest absolute Gasteiger partial charge is 0.206 e. The summed E-state index contributed by atoms with van der Waals surface area (Å²) in [5.41, 5.74) is 3.32. The van der Waals surface area contributed by atoms with Crippen molar-refractivity contribution in [2.24, 2.45) is 11.8 Å². The Labute approximate surface area is 198 Å². The summed E-state index contributed by atoms with van der Waals surface area (Å²) in [6.07, 6.45) is 13.7. The minimum Gasteiger partial charge on any atom is -0.206 e. The van der Waals surface area contributed by atoms with E-state index in [2.05, 4.69) is 25.1 Å². The number of aryl methyl sites for hydroxylation is 3. The van der Waals surface area contributed by atoms with E-state index in [1.54, 1.807) is 0 Å². The van der Waals surface area contributed by atoms with E-state index in [1.165, 1.54) is 62.5 Å². The van der Waals surface area contributed by atoms with Crippen molar-refractivity contribution in [2.45, 2.75) is 77.6 Å². The van der Waals surface area contributed by atoms with Crippen LogP contribution in [0.1, 0.15) is 75.0 Å². The third kappa shape index (κ3) is 6.13. The van der Waals surface area contributed by atoms with Crippen LogP contribution in [-0.2, 0) is 19.3 Å². The van der Waals surface area contributed by atoms with Crippen molar-refractivity contribution >= 4 is 22.4 Å². The van der Waals surface area contributed by atoms with Gasteiger partial charge in [-0.05, 0) is 71.7 Å². The highest BCUT2D eigenvalue weighted by Crippen LogP contribution is 2.34. The van der Waals surface area contributed by atoms with Crippen LogP contribution >= 0.6 is 11.6 Å². The third-order valence-corrected chi connectivity index (χ3v) is 7.72. The standard InChI is InChI=1S/C30H36ClF/c1-2-3-4-22-5-7-23(8-6-22)9-10-25-14-20-29-27(21-25)17-16-26(30(29)32)15-11-24-12-18-28(31)19-13-24/h12-14,16-23H,2-11,15H2,1H3. The zero-order valence-corrected chi connectivity index (χ0v) is 20.1. The maximum absolute atomic E-state index is 15.1. The number of unbranched alkanes of at least 4 members (excludes halogenated alkanes) is 1. The van der Waals surface area contributed by atoms with Gasteiger partial charge in [0.25, 0.3) is 0 Å². The van der Waals surface area contributed by atoms with Crippen LogP contribution in [0.15, 0.2) is 54.6 Å². The Balaban J connectivity index is 1.33. The molecular weight excluding hydrogens is 415 g/mol. The lowest BCUT2D eigenvalue weighted by molar-refractivity contribution is 0.250. The Kier molecular flexibility index (Phi) is 8.25. The highest BCUT2D eigenvalue weighted by atomic mass is 35.5. The average molecular weight is 451 g/mol. The van der Waals surface area contributed by atoms with Gasteiger partial charge < -0.3 is 0 Å². The molecule has 0 atom stereocenters. The Morgan fingerprint density at radius 2 is 1.47 bits per heavy atom. The fourth-order valence-electron chi connectivity index (χ4n) is 5.34. The molecular formula is C30H36ClF. The molecule has 0 N–H and O–H groups in total. The molecule has 3 aromatic rings. The summed E-state index contributed by atoms with van der Waals surface area (Å²) in [6, 6.07) is 18.2. The molecule has 0 radical (unpaired) electrons. The normalized spacial score (nSPS) is 18.8. The highest BCUT2D eigenvalue weighted by Gasteiger charge is 2.20. The van der Waals surface area contributed by atoms with Gasteiger partial charge in [0.15, 0.2) is 0 Å². The minimum absolute atomic E-state index is 0.0617. The van der Waals surface area contributed by atoms with Crippen molar-refractivity contribution in [3.05, 3.63) is 82.1 Å². The molecule has 0 aliphatic heterocycles. The minimum atomic E-state index is -0.0617. The smallest absolute Gasteiger partial charge is 0.134 e. The molecule has 1 saturated carbocycles. The summed E-state index contributed by atoms with van der Waals surface area (Å²) in [4.78, 5) is 0. The van der Waals surface area contributed by atoms with Gasteiger partial charge in [0.05, 0.1) is 0 Å². The monoisotopic (exact) mass is 450 g/mol. The van der Waals surface area contributed by atoms with Gasteiger partial charge in [-0.1, -0.05) is 106 Å². The molecule has 0 aromatic heterocycles. The summed E-state index contributed by atoms with van der Waals surface area (Å²) in [6.45, 7) is 2.29. The van der Waals surface area contributed by atoms with E-state index in [1.807, 2.05) is 36.4 Å². The number of hydrogen-bond donors (Lipinski definition) is 0. The first-order chi connectivity index (χ1) is 15.6. The number of fused-ring (bicyclic) bond motifs is 1. The molecule has 170 valence electrons. The molecule has 0 saturated heterocycles. The summed E-state index contributed by atoms with van der Waals surface area (Å²) in [5.74, 6) is 1.78. The summed E-state index contributed by atoms with van der Waals surface area (Å²) >= 11 is 5.96. The van der Waals surface area contributed by atoms with E-state index in [0.717, 1.165) is 46.0 Å². The zero-order valence-electron chi connectivity index (χ0n) is 19.4. The average Bonchev–Trinajstić information content (AvgIpc) is 2.82. The molecule has 1 aliphatic rings. The SMILES string of the molecule is CCCCC1CCC(CCc2ccc3c(F)c(CCc4ccc(Cl)cc4)ccc3c2)CC1. The van der Waals surface area contributed by atoms with E-state index in [9.17, 15) is 0 Å². The molecule has 0 spiro atoms. The predicted molar refractivity (Wildman–Crippen MR) is 136 cm³/mol. The number of hydrogen-bond acceptors (Lipinski definition) is 0. The molecule has 2 heteroatoms. The second-order valence-electron chi connectivity index (χ2n) is 9.79. The lowest BCUT2D eigenvalue weighted by Gasteiger charge is -2.28. The van der Waals surface area contributed by atoms with Gasteiger partial charge in [-0.2, -0.15) is 0 Å². The molecule has 0 amide bonds. The van der Waals surface area contributed by atoms with Gasteiger partial charge in [-0.15, -0.1) is 0 Å². The van der Waals surface area contributed by atoms with E-state index < -0.39 is 0 Å². The van der Waals surface area contributed by atoms with Gasteiger partial charge in [-0.3, -0.25) is 0 Å². The van der Waals surface area contributed by atoms with E-state index in [-0.39, 0.29) is 5.82 Å². The molecule has 3 aromatic carbocycles. The Morgan fingerprint density at radius 1 is 0.781 bits per heavy atom. The van der Waals surface area contributed by atoms with Crippen LogP contribution in [0.25, 0.3) is 10.8 Å². The fraction of sp³-hybridized carbons (Fsp3) is 0.467. The van der Waals surface area contributed by atoms with E-state index in [4.69, 9.17) is 11.6 Å². The quantitative estimate of drug-likeness (QED) is 0.304. The molecule has 1 aliphatic carbocycles. The molecule has 0 unspecified atom stereocenters. The van der Waals surface area contributed by atoms with Gasteiger partial charge in [0, 0.05) is 10.4 Å². The maximum atomic E-state index is 15.1. The van der Waals surface area contributed by atoms with E-state index in [0.29, 0.717) is 6.42 Å². The van der Waals surface area contributed by atoms with Gasteiger partial charge in [0.1, 0.15) is 5.82 Å². The van der Waals surface area contributed by atoms with E-state index >= 15 is 4.39 Å². The molecule has 4 rings (SSSR count). The lowest BCUT2D eigenvalue weighted by atomic mass is 9.78. The second-order valence-corrected chi connectivity index (χ2v) is 10.2. The molecule has 0 bridgehead atoms. The topological polar surface area (TPSA) is 0 Å². The van der Waals surface area contributed by atoms with Crippen molar-refractivity contribution in [2.75, 3.05) is 0 Å². The Hall–Kier alpha value is -1.86. The van der Waals surface area contributed by atoms with Gasteiger partial charge in [0.2, 0.25) is 0 Å². The van der Waals surface area contributed by atoms with Crippen LogP contribution in [0.4, 0.5) is 4.39 Å². The van der Waals surface area contributed by atoms with Gasteiger partial charge in [-0.25, -0.2) is 4.39 Å². The van der Waals surface area contributed by atoms with Crippen LogP contribution in [-0.4, -0.2) is 0 Å². The maximum Gasteiger partial charge on any atom is 0.134 e. The van der Waals surface area contributed by atoms with Crippen LogP contribution < -0.4 is 0 Å². The van der Waals surface area contributed by atoms with Crippen molar-refractivity contribution in [1.29, 1.82) is 0 Å². The molecule has 0 heterocycles. The third-order valence-electron chi connectivity index (χ3n) is 7.47. The second kappa shape index (κ2) is 11.3. The Bertz CT molecular complexity index is 999. The first-order valence-corrected chi connectivity index (χ1v) is 12.9. The highest BCUT2D eigenvalue weighted by molar-refractivity contribution is 6.30. The van der Waals surface area contributed by atoms with Crippen molar-refractivity contribution in [3.8, 4) is 0 Å². The fourth-order valence-corrected chi connectivity index (χ4v) is 5.46. The number of halogens is 2. The van der Waals surface area contributed by atoms with Crippen molar-refractivity contribution < 1.29 is 4.39 Å². The summed E-state index contributed by atoms with van der Waals surface area (Å²) in [7, 11) is 0. The van der Waals surface area contributed by atoms with Gasteiger partial charge >= 0.3 is 0 Å². The summed E-state index contributed by atoms with van der Waals surface area (Å²) < 4.78 is 15.1. The van der Waals surface area contributed by atoms with Crippen LogP contribution in [0, 0.1) is 17.7 Å². The number of benzene rings is 3. The van der Waals surface area contributed by atoms with Crippen LogP contribution in [0.2, 0.25) is 5.02 Å². The first kappa shape index (κ1) is 23.3. The van der Waals surface area contributed by atoms with Crippen molar-refractivity contribution in [1.82, 2.24) is 0 Å².